The van der Waals surface area contributed by atoms with E-state index < -0.39 is 12.0 Å². The Morgan fingerprint density at radius 2 is 1.95 bits per heavy atom. The summed E-state index contributed by atoms with van der Waals surface area (Å²) in [6.45, 7) is 10.2. The van der Waals surface area contributed by atoms with Crippen LogP contribution >= 0.6 is 11.3 Å². The lowest BCUT2D eigenvalue weighted by Crippen LogP contribution is -2.40. The number of esters is 1. The van der Waals surface area contributed by atoms with E-state index in [-0.39, 0.29) is 23.5 Å². The smallest absolute Gasteiger partial charge is 0.338 e. The minimum atomic E-state index is -0.817. The summed E-state index contributed by atoms with van der Waals surface area (Å²) in [5, 5.41) is 10.1. The van der Waals surface area contributed by atoms with Gasteiger partial charge < -0.3 is 24.1 Å². The van der Waals surface area contributed by atoms with Crippen LogP contribution in [0.2, 0.25) is 0 Å². The predicted octanol–water partition coefficient (Wildman–Crippen LogP) is 4.26. The highest BCUT2D eigenvalue weighted by atomic mass is 32.1. The predicted molar refractivity (Wildman–Crippen MR) is 158 cm³/mol. The number of benzene rings is 2. The number of ether oxygens (including phenoxy) is 4. The lowest BCUT2D eigenvalue weighted by Gasteiger charge is -2.25. The zero-order valence-electron chi connectivity index (χ0n) is 23.6. The number of carbonyl (C=O) groups excluding carboxylic acids is 1. The molecule has 3 aromatic rings. The van der Waals surface area contributed by atoms with E-state index in [2.05, 4.69) is 18.5 Å². The van der Waals surface area contributed by atoms with Crippen molar-refractivity contribution in [1.29, 1.82) is 0 Å². The number of thiazole rings is 1. The zero-order chi connectivity index (χ0) is 29.5. The van der Waals surface area contributed by atoms with Crippen LogP contribution in [0.4, 0.5) is 0 Å². The second kappa shape index (κ2) is 13.4. The Bertz CT molecular complexity index is 1650. The second-order valence-corrected chi connectivity index (χ2v) is 10.3. The van der Waals surface area contributed by atoms with Gasteiger partial charge in [-0.3, -0.25) is 9.36 Å². The molecule has 0 spiro atoms. The molecule has 0 bridgehead atoms. The molecule has 1 aliphatic rings. The maximum atomic E-state index is 13.9. The van der Waals surface area contributed by atoms with Crippen LogP contribution in [0.3, 0.4) is 0 Å². The van der Waals surface area contributed by atoms with Crippen molar-refractivity contribution < 1.29 is 28.8 Å². The number of hydrogen-bond acceptors (Lipinski definition) is 9. The number of phenolic OH excluding ortho intramolecular Hbond substituents is 1. The Hall–Kier alpha value is -4.31. The van der Waals surface area contributed by atoms with Gasteiger partial charge in [0.05, 0.1) is 42.2 Å². The van der Waals surface area contributed by atoms with Gasteiger partial charge in [-0.15, -0.1) is 0 Å². The minimum absolute atomic E-state index is 0.0137. The Kier molecular flexibility index (Phi) is 9.67. The van der Waals surface area contributed by atoms with Crippen LogP contribution < -0.4 is 29.1 Å². The number of nitrogens with zero attached hydrogens (tertiary/aromatic N) is 2. The number of hydrogen-bond donors (Lipinski definition) is 1. The summed E-state index contributed by atoms with van der Waals surface area (Å²) in [5.41, 5.74) is 1.68. The van der Waals surface area contributed by atoms with Crippen LogP contribution in [0, 0.1) is 0 Å². The first-order valence-corrected chi connectivity index (χ1v) is 14.2. The van der Waals surface area contributed by atoms with Crippen LogP contribution in [-0.2, 0) is 9.53 Å². The molecule has 0 saturated heterocycles. The number of aromatic nitrogens is 1. The summed E-state index contributed by atoms with van der Waals surface area (Å²) >= 11 is 1.21. The van der Waals surface area contributed by atoms with Crippen molar-refractivity contribution in [1.82, 2.24) is 4.57 Å². The fourth-order valence-corrected chi connectivity index (χ4v) is 5.50. The molecule has 1 aliphatic heterocycles. The first kappa shape index (κ1) is 29.7. The highest BCUT2D eigenvalue weighted by Gasteiger charge is 2.34. The molecule has 2 aromatic carbocycles. The van der Waals surface area contributed by atoms with Gasteiger partial charge in [-0.1, -0.05) is 49.5 Å². The topological polar surface area (TPSA) is 109 Å². The van der Waals surface area contributed by atoms with Gasteiger partial charge in [-0.05, 0) is 61.7 Å². The van der Waals surface area contributed by atoms with Gasteiger partial charge >= 0.3 is 5.97 Å². The molecule has 0 amide bonds. The number of fused-ring (bicyclic) bond motifs is 1. The molecular weight excluding hydrogens is 544 g/mol. The monoisotopic (exact) mass is 578 g/mol. The Balaban J connectivity index is 1.88. The molecule has 4 rings (SSSR count). The van der Waals surface area contributed by atoms with E-state index in [4.69, 9.17) is 18.9 Å². The summed E-state index contributed by atoms with van der Waals surface area (Å²) in [7, 11) is 1.55. The van der Waals surface area contributed by atoms with E-state index in [9.17, 15) is 14.7 Å². The normalized spacial score (nSPS) is 14.7. The SMILES string of the molecule is C=CCOC(=O)C1=C(C)N=c2sc(=Cc3ccc(O)c(OCC)c3)c(=O)n2C1c1ccc(OCCCC)c(OC)c1. The van der Waals surface area contributed by atoms with Crippen molar-refractivity contribution in [2.75, 3.05) is 26.9 Å². The number of phenols is 1. The van der Waals surface area contributed by atoms with Crippen LogP contribution in [0.1, 0.15) is 50.8 Å². The number of allylic oxidation sites excluding steroid dienone is 1. The van der Waals surface area contributed by atoms with Crippen molar-refractivity contribution in [2.45, 2.75) is 39.7 Å². The van der Waals surface area contributed by atoms with Crippen LogP contribution in [0.5, 0.6) is 23.0 Å². The van der Waals surface area contributed by atoms with Crippen LogP contribution in [0.15, 0.2) is 70.1 Å². The van der Waals surface area contributed by atoms with E-state index in [1.54, 1.807) is 44.4 Å². The lowest BCUT2D eigenvalue weighted by molar-refractivity contribution is -0.138. The number of unbranched alkanes of at least 4 members (excludes halogenated alkanes) is 1. The van der Waals surface area contributed by atoms with E-state index in [0.29, 0.717) is 56.6 Å². The van der Waals surface area contributed by atoms with E-state index in [1.807, 2.05) is 13.0 Å². The molecule has 41 heavy (non-hydrogen) atoms. The number of rotatable bonds is 12. The maximum Gasteiger partial charge on any atom is 0.338 e. The number of methoxy groups -OCH3 is 1. The molecular formula is C31H34N2O7S. The molecule has 1 N–H and O–H groups in total. The third kappa shape index (κ3) is 6.38. The number of aromatic hydroxyl groups is 1. The van der Waals surface area contributed by atoms with Gasteiger partial charge in [-0.2, -0.15) is 0 Å². The third-order valence-electron chi connectivity index (χ3n) is 6.41. The first-order chi connectivity index (χ1) is 19.8. The van der Waals surface area contributed by atoms with Crippen molar-refractivity contribution in [3.05, 3.63) is 91.1 Å². The standard InChI is InChI=1S/C31H34N2O7S/c1-6-9-15-39-23-13-11-21(18-25(23)37-5)28-27(30(36)40-14-7-2)19(4)32-31-33(28)29(35)26(41-31)17-20-10-12-22(34)24(16-20)38-8-3/h7,10-13,16-18,28,34H,2,6,8-9,14-15H2,1,3-5H3. The molecule has 10 heteroatoms. The van der Waals surface area contributed by atoms with E-state index in [0.717, 1.165) is 12.8 Å². The quantitative estimate of drug-likeness (QED) is 0.194. The molecule has 2 heterocycles. The molecule has 0 fully saturated rings. The first-order valence-electron chi connectivity index (χ1n) is 13.4. The Labute approximate surface area is 242 Å². The molecule has 1 aromatic heterocycles. The fourth-order valence-electron chi connectivity index (χ4n) is 4.45. The highest BCUT2D eigenvalue weighted by molar-refractivity contribution is 7.07. The zero-order valence-corrected chi connectivity index (χ0v) is 24.5. The Morgan fingerprint density at radius 1 is 1.15 bits per heavy atom. The fraction of sp³-hybridized carbons (Fsp3) is 0.323. The van der Waals surface area contributed by atoms with Crippen molar-refractivity contribution in [2.24, 2.45) is 4.99 Å². The average molecular weight is 579 g/mol. The van der Waals surface area contributed by atoms with Gasteiger partial charge in [0.15, 0.2) is 27.8 Å². The maximum absolute atomic E-state index is 13.9. The van der Waals surface area contributed by atoms with Gasteiger partial charge in [-0.25, -0.2) is 9.79 Å². The largest absolute Gasteiger partial charge is 0.504 e. The van der Waals surface area contributed by atoms with Gasteiger partial charge in [0.25, 0.3) is 5.56 Å². The Morgan fingerprint density at radius 3 is 2.66 bits per heavy atom. The molecule has 216 valence electrons. The second-order valence-electron chi connectivity index (χ2n) is 9.24. The molecule has 1 unspecified atom stereocenters. The van der Waals surface area contributed by atoms with Gasteiger partial charge in [0.2, 0.25) is 0 Å². The lowest BCUT2D eigenvalue weighted by atomic mass is 9.95. The number of carbonyl (C=O) groups is 1. The summed E-state index contributed by atoms with van der Waals surface area (Å²) in [4.78, 5) is 32.3. The molecule has 0 radical (unpaired) electrons. The minimum Gasteiger partial charge on any atom is -0.504 e. The highest BCUT2D eigenvalue weighted by Crippen LogP contribution is 2.36. The molecule has 0 saturated carbocycles. The van der Waals surface area contributed by atoms with Crippen molar-refractivity contribution in [3.63, 3.8) is 0 Å². The van der Waals surface area contributed by atoms with Crippen molar-refractivity contribution in [3.8, 4) is 23.0 Å². The summed E-state index contributed by atoms with van der Waals surface area (Å²) in [5.74, 6) is 0.809. The van der Waals surface area contributed by atoms with Gasteiger partial charge in [0, 0.05) is 0 Å². The average Bonchev–Trinajstić information content (AvgIpc) is 3.27. The summed E-state index contributed by atoms with van der Waals surface area (Å²) < 4.78 is 24.3. The van der Waals surface area contributed by atoms with Crippen LogP contribution in [0.25, 0.3) is 6.08 Å². The van der Waals surface area contributed by atoms with Gasteiger partial charge in [0.1, 0.15) is 6.61 Å². The summed E-state index contributed by atoms with van der Waals surface area (Å²) in [6.07, 6.45) is 5.09. The summed E-state index contributed by atoms with van der Waals surface area (Å²) in [6, 6.07) is 9.44. The van der Waals surface area contributed by atoms with Crippen LogP contribution in [-0.4, -0.2) is 42.6 Å². The third-order valence-corrected chi connectivity index (χ3v) is 7.40. The van der Waals surface area contributed by atoms with E-state index in [1.165, 1.54) is 28.0 Å². The van der Waals surface area contributed by atoms with E-state index >= 15 is 0 Å². The molecule has 9 nitrogen and oxygen atoms in total. The molecule has 0 aliphatic carbocycles. The molecule has 1 atom stereocenters. The van der Waals surface area contributed by atoms with Crippen molar-refractivity contribution >= 4 is 23.4 Å².